The van der Waals surface area contributed by atoms with E-state index >= 15 is 0 Å². The topological polar surface area (TPSA) is 65.9 Å². The number of aliphatic hydroxyl groups is 1. The lowest BCUT2D eigenvalue weighted by atomic mass is 9.87. The molecule has 1 saturated heterocycles. The smallest absolute Gasteiger partial charge is 0.265 e. The maximum atomic E-state index is 13.0. The molecule has 142 valence electrons. The first-order chi connectivity index (χ1) is 13.0. The second-order valence-corrected chi connectivity index (χ2v) is 7.53. The van der Waals surface area contributed by atoms with Gasteiger partial charge in [-0.1, -0.05) is 18.2 Å². The highest BCUT2D eigenvalue weighted by atomic mass is 16.5. The highest BCUT2D eigenvalue weighted by molar-refractivity contribution is 5.83. The largest absolute Gasteiger partial charge is 0.477 e. The summed E-state index contributed by atoms with van der Waals surface area (Å²) >= 11 is 0. The Kier molecular flexibility index (Phi) is 4.52. The number of hydrogen-bond donors (Lipinski definition) is 1. The summed E-state index contributed by atoms with van der Waals surface area (Å²) in [5.74, 6) is 0.720. The van der Waals surface area contributed by atoms with Crippen molar-refractivity contribution in [1.82, 2.24) is 9.88 Å². The van der Waals surface area contributed by atoms with Crippen LogP contribution in [0.4, 0.5) is 5.69 Å². The summed E-state index contributed by atoms with van der Waals surface area (Å²) in [6.45, 7) is 3.49. The summed E-state index contributed by atoms with van der Waals surface area (Å²) in [6.07, 6.45) is 2.21. The van der Waals surface area contributed by atoms with Gasteiger partial charge in [-0.2, -0.15) is 0 Å². The first-order valence-electron chi connectivity index (χ1n) is 9.37. The van der Waals surface area contributed by atoms with Crippen LogP contribution in [0.5, 0.6) is 5.75 Å². The van der Waals surface area contributed by atoms with E-state index in [2.05, 4.69) is 9.88 Å². The minimum atomic E-state index is -0.971. The normalized spacial score (nSPS) is 21.4. The number of likely N-dealkylation sites (tertiary alicyclic amines) is 1. The average Bonchev–Trinajstić information content (AvgIpc) is 2.68. The molecule has 2 aliphatic rings. The van der Waals surface area contributed by atoms with Crippen LogP contribution in [0.25, 0.3) is 0 Å². The molecular weight excluding hydrogens is 342 g/mol. The lowest BCUT2D eigenvalue weighted by Gasteiger charge is -2.40. The van der Waals surface area contributed by atoms with Gasteiger partial charge < -0.3 is 19.6 Å². The van der Waals surface area contributed by atoms with Crippen LogP contribution in [0.3, 0.4) is 0 Å². The standard InChI is InChI=1S/C21H25N3O3/c1-15-7-8-19(22-13-15)21(26)9-11-24(12-10-21)20(25)18-14-23(2)16-5-3-4-6-17(16)27-18/h3-8,13,18,26H,9-12,14H2,1-2H3/t18-/m1/s1. The number of nitrogens with zero attached hydrogens (tertiary/aromatic N) is 3. The zero-order valence-electron chi connectivity index (χ0n) is 15.8. The molecule has 3 heterocycles. The van der Waals surface area contributed by atoms with Gasteiger partial charge in [-0.25, -0.2) is 0 Å². The van der Waals surface area contributed by atoms with Gasteiger partial charge in [-0.15, -0.1) is 0 Å². The summed E-state index contributed by atoms with van der Waals surface area (Å²) in [6, 6.07) is 11.6. The quantitative estimate of drug-likeness (QED) is 0.881. The monoisotopic (exact) mass is 367 g/mol. The van der Waals surface area contributed by atoms with Crippen LogP contribution in [0.1, 0.15) is 24.1 Å². The number of anilines is 1. The third kappa shape index (κ3) is 3.37. The number of para-hydroxylation sites is 2. The highest BCUT2D eigenvalue weighted by Crippen LogP contribution is 2.34. The number of rotatable bonds is 2. The lowest BCUT2D eigenvalue weighted by molar-refractivity contribution is -0.143. The summed E-state index contributed by atoms with van der Waals surface area (Å²) in [5, 5.41) is 11.0. The zero-order valence-corrected chi connectivity index (χ0v) is 15.8. The predicted octanol–water partition coefficient (Wildman–Crippen LogP) is 2.10. The maximum absolute atomic E-state index is 13.0. The number of benzene rings is 1. The lowest BCUT2D eigenvalue weighted by Crippen LogP contribution is -2.53. The second-order valence-electron chi connectivity index (χ2n) is 7.53. The number of amides is 1. The Bertz CT molecular complexity index is 829. The number of aromatic nitrogens is 1. The number of carbonyl (C=O) groups is 1. The van der Waals surface area contributed by atoms with Crippen molar-refractivity contribution in [3.63, 3.8) is 0 Å². The molecule has 1 aromatic heterocycles. The molecule has 1 aromatic carbocycles. The molecule has 1 amide bonds. The molecule has 6 nitrogen and oxygen atoms in total. The fourth-order valence-electron chi connectivity index (χ4n) is 3.84. The molecule has 2 aliphatic heterocycles. The number of hydrogen-bond acceptors (Lipinski definition) is 5. The number of carbonyl (C=O) groups excluding carboxylic acids is 1. The Morgan fingerprint density at radius 2 is 1.96 bits per heavy atom. The van der Waals surface area contributed by atoms with Gasteiger partial charge in [0.05, 0.1) is 17.9 Å². The number of pyridine rings is 1. The van der Waals surface area contributed by atoms with Crippen molar-refractivity contribution in [1.29, 1.82) is 0 Å². The van der Waals surface area contributed by atoms with E-state index in [0.29, 0.717) is 38.2 Å². The van der Waals surface area contributed by atoms with E-state index in [-0.39, 0.29) is 5.91 Å². The molecule has 0 unspecified atom stereocenters. The van der Waals surface area contributed by atoms with E-state index in [0.717, 1.165) is 17.0 Å². The van der Waals surface area contributed by atoms with E-state index in [4.69, 9.17) is 4.74 Å². The number of aryl methyl sites for hydroxylation is 1. The first-order valence-corrected chi connectivity index (χ1v) is 9.37. The molecule has 0 saturated carbocycles. The minimum Gasteiger partial charge on any atom is -0.477 e. The Hall–Kier alpha value is -2.60. The Morgan fingerprint density at radius 1 is 1.22 bits per heavy atom. The predicted molar refractivity (Wildman–Crippen MR) is 103 cm³/mol. The van der Waals surface area contributed by atoms with Crippen LogP contribution in [-0.4, -0.2) is 53.7 Å². The van der Waals surface area contributed by atoms with E-state index in [1.165, 1.54) is 0 Å². The van der Waals surface area contributed by atoms with Crippen molar-refractivity contribution >= 4 is 11.6 Å². The summed E-state index contributed by atoms with van der Waals surface area (Å²) in [7, 11) is 1.97. The van der Waals surface area contributed by atoms with Gasteiger partial charge in [-0.05, 0) is 43.5 Å². The van der Waals surface area contributed by atoms with Crippen molar-refractivity contribution in [3.8, 4) is 5.75 Å². The maximum Gasteiger partial charge on any atom is 0.265 e. The van der Waals surface area contributed by atoms with Crippen molar-refractivity contribution < 1.29 is 14.6 Å². The molecule has 0 bridgehead atoms. The molecule has 4 rings (SSSR count). The summed E-state index contributed by atoms with van der Waals surface area (Å²) in [4.78, 5) is 21.2. The Morgan fingerprint density at radius 3 is 2.67 bits per heavy atom. The Balaban J connectivity index is 1.43. The van der Waals surface area contributed by atoms with Gasteiger partial charge >= 0.3 is 0 Å². The third-order valence-electron chi connectivity index (χ3n) is 5.55. The number of ether oxygens (including phenoxy) is 1. The van der Waals surface area contributed by atoms with Gasteiger partial charge in [-0.3, -0.25) is 9.78 Å². The molecule has 1 fully saturated rings. The highest BCUT2D eigenvalue weighted by Gasteiger charge is 2.39. The van der Waals surface area contributed by atoms with Gasteiger partial charge in [0.1, 0.15) is 11.4 Å². The third-order valence-corrected chi connectivity index (χ3v) is 5.55. The molecule has 27 heavy (non-hydrogen) atoms. The van der Waals surface area contributed by atoms with Crippen LogP contribution in [0, 0.1) is 6.92 Å². The molecule has 0 radical (unpaired) electrons. The van der Waals surface area contributed by atoms with Crippen LogP contribution in [0.15, 0.2) is 42.6 Å². The zero-order chi connectivity index (χ0) is 19.0. The first kappa shape index (κ1) is 17.8. The molecule has 2 aromatic rings. The summed E-state index contributed by atoms with van der Waals surface area (Å²) in [5.41, 5.74) is 1.78. The van der Waals surface area contributed by atoms with E-state index < -0.39 is 11.7 Å². The molecular formula is C21H25N3O3. The van der Waals surface area contributed by atoms with Gasteiger partial charge in [0.2, 0.25) is 0 Å². The fourth-order valence-corrected chi connectivity index (χ4v) is 3.84. The molecule has 1 N–H and O–H groups in total. The van der Waals surface area contributed by atoms with Crippen molar-refractivity contribution in [2.24, 2.45) is 0 Å². The average molecular weight is 367 g/mol. The fraction of sp³-hybridized carbons (Fsp3) is 0.429. The molecule has 6 heteroatoms. The van der Waals surface area contributed by atoms with Crippen molar-refractivity contribution in [3.05, 3.63) is 53.9 Å². The second kappa shape index (κ2) is 6.85. The van der Waals surface area contributed by atoms with Crippen LogP contribution < -0.4 is 9.64 Å². The number of fused-ring (bicyclic) bond motifs is 1. The minimum absolute atomic E-state index is 0.0183. The van der Waals surface area contributed by atoms with Crippen LogP contribution >= 0.6 is 0 Å². The number of likely N-dealkylation sites (N-methyl/N-ethyl adjacent to an activating group) is 1. The number of piperidine rings is 1. The van der Waals surface area contributed by atoms with E-state index in [1.807, 2.05) is 50.4 Å². The Labute approximate surface area is 159 Å². The van der Waals surface area contributed by atoms with Crippen molar-refractivity contribution in [2.45, 2.75) is 31.5 Å². The van der Waals surface area contributed by atoms with Crippen LogP contribution in [-0.2, 0) is 10.4 Å². The molecule has 1 atom stereocenters. The SMILES string of the molecule is Cc1ccc(C2(O)CCN(C(=O)[C@H]3CN(C)c4ccccc4O3)CC2)nc1. The van der Waals surface area contributed by atoms with Gasteiger partial charge in [0.15, 0.2) is 6.10 Å². The molecule has 0 spiro atoms. The van der Waals surface area contributed by atoms with Gasteiger partial charge in [0.25, 0.3) is 5.91 Å². The van der Waals surface area contributed by atoms with E-state index in [9.17, 15) is 9.90 Å². The van der Waals surface area contributed by atoms with E-state index in [1.54, 1.807) is 11.1 Å². The van der Waals surface area contributed by atoms with Crippen LogP contribution in [0.2, 0.25) is 0 Å². The van der Waals surface area contributed by atoms with Gasteiger partial charge in [0, 0.05) is 26.3 Å². The van der Waals surface area contributed by atoms with Crippen molar-refractivity contribution in [2.75, 3.05) is 31.6 Å². The summed E-state index contributed by atoms with van der Waals surface area (Å²) < 4.78 is 5.96. The molecule has 0 aliphatic carbocycles.